The van der Waals surface area contributed by atoms with Gasteiger partial charge in [-0.25, -0.2) is 5.84 Å². The minimum atomic E-state index is -0.196. The summed E-state index contributed by atoms with van der Waals surface area (Å²) in [7, 11) is 0. The van der Waals surface area contributed by atoms with Crippen LogP contribution in [-0.4, -0.2) is 35.6 Å². The lowest BCUT2D eigenvalue weighted by Gasteiger charge is -2.19. The van der Waals surface area contributed by atoms with Crippen molar-refractivity contribution in [2.75, 3.05) is 19.7 Å². The fourth-order valence-electron chi connectivity index (χ4n) is 1.75. The Bertz CT molecular complexity index is 365. The van der Waals surface area contributed by atoms with Crippen LogP contribution in [0.1, 0.15) is 18.1 Å². The average molecular weight is 251 g/mol. The first-order valence-corrected chi connectivity index (χ1v) is 6.10. The predicted molar refractivity (Wildman–Crippen MR) is 70.5 cm³/mol. The zero-order valence-electron chi connectivity index (χ0n) is 10.7. The first-order chi connectivity index (χ1) is 8.69. The third-order valence-corrected chi connectivity index (χ3v) is 2.82. The number of aliphatic hydroxyl groups excluding tert-OH is 1. The van der Waals surface area contributed by atoms with Gasteiger partial charge in [-0.3, -0.25) is 15.1 Å². The van der Waals surface area contributed by atoms with Crippen LogP contribution < -0.4 is 11.3 Å². The Hall–Kier alpha value is -1.43. The summed E-state index contributed by atoms with van der Waals surface area (Å²) in [6.07, 6.45) is 0.297. The van der Waals surface area contributed by atoms with E-state index in [2.05, 4.69) is 17.2 Å². The van der Waals surface area contributed by atoms with Gasteiger partial charge >= 0.3 is 0 Å². The number of benzene rings is 1. The topological polar surface area (TPSA) is 78.6 Å². The van der Waals surface area contributed by atoms with Crippen LogP contribution in [0.5, 0.6) is 0 Å². The van der Waals surface area contributed by atoms with Crippen LogP contribution in [0.25, 0.3) is 0 Å². The molecule has 0 bridgehead atoms. The van der Waals surface area contributed by atoms with Crippen LogP contribution in [0.2, 0.25) is 0 Å². The number of nitrogens with one attached hydrogen (secondary N) is 1. The number of carbonyl (C=O) groups excluding carboxylic acids is 1. The van der Waals surface area contributed by atoms with E-state index < -0.39 is 0 Å². The van der Waals surface area contributed by atoms with Gasteiger partial charge in [-0.2, -0.15) is 0 Å². The van der Waals surface area contributed by atoms with Crippen LogP contribution in [0.15, 0.2) is 24.3 Å². The number of carbonyl (C=O) groups is 1. The van der Waals surface area contributed by atoms with Crippen molar-refractivity contribution in [3.8, 4) is 0 Å². The van der Waals surface area contributed by atoms with E-state index in [-0.39, 0.29) is 12.5 Å². The summed E-state index contributed by atoms with van der Waals surface area (Å²) in [6.45, 7) is 4.62. The molecule has 5 heteroatoms. The van der Waals surface area contributed by atoms with Gasteiger partial charge in [0.1, 0.15) is 0 Å². The van der Waals surface area contributed by atoms with E-state index in [0.29, 0.717) is 13.0 Å². The number of amides is 1. The molecule has 0 heterocycles. The van der Waals surface area contributed by atoms with E-state index in [1.54, 1.807) is 0 Å². The second kappa shape index (κ2) is 7.81. The van der Waals surface area contributed by atoms with Gasteiger partial charge in [-0.05, 0) is 17.7 Å². The van der Waals surface area contributed by atoms with Gasteiger partial charge in [0.05, 0.1) is 13.0 Å². The van der Waals surface area contributed by atoms with E-state index in [9.17, 15) is 4.79 Å². The predicted octanol–water partition coefficient (Wildman–Crippen LogP) is 0.0332. The Kier molecular flexibility index (Phi) is 6.35. The molecule has 0 aliphatic carbocycles. The number of rotatable bonds is 7. The summed E-state index contributed by atoms with van der Waals surface area (Å²) in [5.41, 5.74) is 4.22. The quantitative estimate of drug-likeness (QED) is 0.363. The smallest absolute Gasteiger partial charge is 0.238 e. The molecule has 1 aromatic carbocycles. The monoisotopic (exact) mass is 251 g/mol. The highest BCUT2D eigenvalue weighted by Gasteiger charge is 2.04. The number of likely N-dealkylation sites (N-methyl/N-ethyl adjacent to an activating group) is 1. The van der Waals surface area contributed by atoms with E-state index in [1.165, 1.54) is 5.56 Å². The van der Waals surface area contributed by atoms with Crippen LogP contribution >= 0.6 is 0 Å². The minimum absolute atomic E-state index is 0.169. The summed E-state index contributed by atoms with van der Waals surface area (Å²) in [6, 6.07) is 7.85. The SMILES string of the molecule is CCN(CCO)Cc1ccc(CC(=O)NN)cc1. The van der Waals surface area contributed by atoms with Gasteiger partial charge < -0.3 is 5.11 Å². The summed E-state index contributed by atoms with van der Waals surface area (Å²) < 4.78 is 0. The van der Waals surface area contributed by atoms with Gasteiger partial charge in [0, 0.05) is 13.1 Å². The maximum Gasteiger partial charge on any atom is 0.238 e. The number of nitrogens with two attached hydrogens (primary N) is 1. The molecule has 0 radical (unpaired) electrons. The van der Waals surface area contributed by atoms with Gasteiger partial charge in [0.15, 0.2) is 0 Å². The van der Waals surface area contributed by atoms with Crippen LogP contribution in [-0.2, 0) is 17.8 Å². The van der Waals surface area contributed by atoms with Gasteiger partial charge in [-0.1, -0.05) is 31.2 Å². The lowest BCUT2D eigenvalue weighted by molar-refractivity contribution is -0.120. The molecular weight excluding hydrogens is 230 g/mol. The first-order valence-electron chi connectivity index (χ1n) is 6.10. The lowest BCUT2D eigenvalue weighted by Crippen LogP contribution is -2.31. The van der Waals surface area contributed by atoms with Gasteiger partial charge in [0.25, 0.3) is 0 Å². The lowest BCUT2D eigenvalue weighted by atomic mass is 10.1. The molecule has 0 saturated carbocycles. The van der Waals surface area contributed by atoms with Crippen molar-refractivity contribution in [2.24, 2.45) is 5.84 Å². The van der Waals surface area contributed by atoms with Crippen molar-refractivity contribution in [1.82, 2.24) is 10.3 Å². The third kappa shape index (κ3) is 4.83. The fourth-order valence-corrected chi connectivity index (χ4v) is 1.75. The highest BCUT2D eigenvalue weighted by molar-refractivity contribution is 5.77. The minimum Gasteiger partial charge on any atom is -0.395 e. The molecule has 1 rings (SSSR count). The summed E-state index contributed by atoms with van der Waals surface area (Å²) in [4.78, 5) is 13.3. The van der Waals surface area contributed by atoms with Crippen molar-refractivity contribution in [3.63, 3.8) is 0 Å². The number of hydrogen-bond donors (Lipinski definition) is 3. The molecule has 100 valence electrons. The van der Waals surface area contributed by atoms with Crippen molar-refractivity contribution in [2.45, 2.75) is 19.9 Å². The Labute approximate surface area is 108 Å². The Balaban J connectivity index is 2.56. The number of hydrogen-bond acceptors (Lipinski definition) is 4. The molecule has 0 saturated heterocycles. The van der Waals surface area contributed by atoms with Gasteiger partial charge in [-0.15, -0.1) is 0 Å². The molecule has 4 N–H and O–H groups in total. The Morgan fingerprint density at radius 2 is 1.94 bits per heavy atom. The molecule has 0 unspecified atom stereocenters. The average Bonchev–Trinajstić information content (AvgIpc) is 2.40. The van der Waals surface area contributed by atoms with Crippen LogP contribution in [0, 0.1) is 0 Å². The second-order valence-electron chi connectivity index (χ2n) is 4.15. The normalized spacial score (nSPS) is 10.7. The van der Waals surface area contributed by atoms with E-state index >= 15 is 0 Å². The standard InChI is InChI=1S/C13H21N3O2/c1-2-16(7-8-17)10-12-5-3-11(4-6-12)9-13(18)15-14/h3-6,17H,2,7-10,14H2,1H3,(H,15,18). The molecule has 0 spiro atoms. The maximum absolute atomic E-state index is 11.1. The highest BCUT2D eigenvalue weighted by atomic mass is 16.3. The molecule has 1 aromatic rings. The third-order valence-electron chi connectivity index (χ3n) is 2.82. The van der Waals surface area contributed by atoms with E-state index in [4.69, 9.17) is 10.9 Å². The maximum atomic E-state index is 11.1. The Morgan fingerprint density at radius 3 is 2.44 bits per heavy atom. The van der Waals surface area contributed by atoms with Crippen molar-refractivity contribution in [1.29, 1.82) is 0 Å². The summed E-state index contributed by atoms with van der Waals surface area (Å²) >= 11 is 0. The highest BCUT2D eigenvalue weighted by Crippen LogP contribution is 2.08. The van der Waals surface area contributed by atoms with Crippen LogP contribution in [0.4, 0.5) is 0 Å². The second-order valence-corrected chi connectivity index (χ2v) is 4.15. The first kappa shape index (κ1) is 14.6. The molecule has 0 aliphatic rings. The molecule has 0 aliphatic heterocycles. The summed E-state index contributed by atoms with van der Waals surface area (Å²) in [5, 5.41) is 8.92. The molecule has 0 atom stereocenters. The Morgan fingerprint density at radius 1 is 1.33 bits per heavy atom. The van der Waals surface area contributed by atoms with Crippen LogP contribution in [0.3, 0.4) is 0 Å². The molecule has 5 nitrogen and oxygen atoms in total. The van der Waals surface area contributed by atoms with Gasteiger partial charge in [0.2, 0.25) is 5.91 Å². The fraction of sp³-hybridized carbons (Fsp3) is 0.462. The molecule has 18 heavy (non-hydrogen) atoms. The van der Waals surface area contributed by atoms with Crippen molar-refractivity contribution < 1.29 is 9.90 Å². The van der Waals surface area contributed by atoms with Crippen molar-refractivity contribution >= 4 is 5.91 Å². The van der Waals surface area contributed by atoms with E-state index in [0.717, 1.165) is 18.7 Å². The molecule has 0 aromatic heterocycles. The van der Waals surface area contributed by atoms with E-state index in [1.807, 2.05) is 24.3 Å². The zero-order valence-corrected chi connectivity index (χ0v) is 10.7. The largest absolute Gasteiger partial charge is 0.395 e. The molecular formula is C13H21N3O2. The molecule has 1 amide bonds. The number of hydrazine groups is 1. The number of nitrogens with zero attached hydrogens (tertiary/aromatic N) is 1. The zero-order chi connectivity index (χ0) is 13.4. The summed E-state index contributed by atoms with van der Waals surface area (Å²) in [5.74, 6) is 4.84. The molecule has 0 fully saturated rings. The number of aliphatic hydroxyl groups is 1. The van der Waals surface area contributed by atoms with Crippen molar-refractivity contribution in [3.05, 3.63) is 35.4 Å².